The molecule has 110 valence electrons. The zero-order valence-corrected chi connectivity index (χ0v) is 11.4. The maximum Gasteiger partial charge on any atom is 0.260 e. The Morgan fingerprint density at radius 2 is 2.00 bits per heavy atom. The predicted molar refractivity (Wildman–Crippen MR) is 77.6 cm³/mol. The van der Waals surface area contributed by atoms with Crippen LogP contribution < -0.4 is 21.1 Å². The summed E-state index contributed by atoms with van der Waals surface area (Å²) >= 11 is 0. The van der Waals surface area contributed by atoms with Crippen LogP contribution in [-0.2, 0) is 9.59 Å². The number of amides is 2. The molecule has 1 aromatic carbocycles. The number of carbonyl (C=O) groups is 2. The molecule has 0 radical (unpaired) electrons. The van der Waals surface area contributed by atoms with Crippen LogP contribution in [0.4, 0.5) is 5.69 Å². The minimum Gasteiger partial charge on any atom is -0.477 e. The Morgan fingerprint density at radius 3 is 2.67 bits per heavy atom. The van der Waals surface area contributed by atoms with Crippen molar-refractivity contribution < 1.29 is 14.3 Å². The number of carbonyl (C=O) groups excluding carboxylic acids is 2. The van der Waals surface area contributed by atoms with Crippen LogP contribution in [-0.4, -0.2) is 30.5 Å². The summed E-state index contributed by atoms with van der Waals surface area (Å²) < 4.78 is 5.55. The van der Waals surface area contributed by atoms with Gasteiger partial charge in [-0.05, 0) is 18.6 Å². The van der Waals surface area contributed by atoms with Gasteiger partial charge in [0.2, 0.25) is 5.91 Å². The van der Waals surface area contributed by atoms with E-state index < -0.39 is 12.0 Å². The normalized spacial score (nSPS) is 27.1. The van der Waals surface area contributed by atoms with Gasteiger partial charge in [0, 0.05) is 6.04 Å². The molecule has 0 fully saturated rings. The van der Waals surface area contributed by atoms with Gasteiger partial charge in [0.15, 0.2) is 6.10 Å². The van der Waals surface area contributed by atoms with Crippen LogP contribution in [0.1, 0.15) is 6.42 Å². The Morgan fingerprint density at radius 1 is 1.24 bits per heavy atom. The van der Waals surface area contributed by atoms with Gasteiger partial charge < -0.3 is 21.1 Å². The summed E-state index contributed by atoms with van der Waals surface area (Å²) in [6, 6.07) is 7.03. The Bertz CT molecular complexity index is 614. The lowest BCUT2D eigenvalue weighted by Gasteiger charge is -2.34. The Balaban J connectivity index is 1.91. The van der Waals surface area contributed by atoms with Gasteiger partial charge in [0.05, 0.1) is 18.2 Å². The lowest BCUT2D eigenvalue weighted by molar-refractivity contribution is -0.125. The minimum atomic E-state index is -0.831. The van der Waals surface area contributed by atoms with Crippen LogP contribution in [0.25, 0.3) is 0 Å². The monoisotopic (exact) mass is 287 g/mol. The number of nitrogens with two attached hydrogens (primary N) is 2. The van der Waals surface area contributed by atoms with E-state index in [4.69, 9.17) is 16.2 Å². The summed E-state index contributed by atoms with van der Waals surface area (Å²) in [5.74, 6) is -0.436. The summed E-state index contributed by atoms with van der Waals surface area (Å²) in [6.45, 7) is 0.130. The molecule has 0 saturated heterocycles. The van der Waals surface area contributed by atoms with Gasteiger partial charge >= 0.3 is 0 Å². The van der Waals surface area contributed by atoms with Gasteiger partial charge in [0.1, 0.15) is 5.75 Å². The molecular weight excluding hydrogens is 270 g/mol. The quantitative estimate of drug-likeness (QED) is 0.757. The van der Waals surface area contributed by atoms with Crippen LogP contribution >= 0.6 is 0 Å². The number of primary amides is 1. The van der Waals surface area contributed by atoms with Crippen LogP contribution in [0.3, 0.4) is 0 Å². The van der Waals surface area contributed by atoms with Crippen LogP contribution in [0.2, 0.25) is 0 Å². The zero-order chi connectivity index (χ0) is 15.0. The molecular formula is C15H17N3O3. The molecule has 2 aliphatic rings. The number of hydrogen-bond acceptors (Lipinski definition) is 4. The molecule has 21 heavy (non-hydrogen) atoms. The molecule has 0 aromatic heterocycles. The van der Waals surface area contributed by atoms with Crippen molar-refractivity contribution in [1.82, 2.24) is 0 Å². The van der Waals surface area contributed by atoms with E-state index in [9.17, 15) is 9.59 Å². The highest BCUT2D eigenvalue weighted by molar-refractivity contribution is 5.99. The molecule has 6 nitrogen and oxygen atoms in total. The fourth-order valence-electron chi connectivity index (χ4n) is 2.70. The van der Waals surface area contributed by atoms with E-state index >= 15 is 0 Å². The number of benzene rings is 1. The largest absolute Gasteiger partial charge is 0.477 e. The van der Waals surface area contributed by atoms with Crippen molar-refractivity contribution >= 4 is 17.5 Å². The van der Waals surface area contributed by atoms with Gasteiger partial charge in [-0.3, -0.25) is 9.59 Å². The summed E-state index contributed by atoms with van der Waals surface area (Å²) in [5.41, 5.74) is 11.8. The van der Waals surface area contributed by atoms with Crippen molar-refractivity contribution in [3.8, 4) is 5.75 Å². The summed E-state index contributed by atoms with van der Waals surface area (Å²) in [4.78, 5) is 25.7. The Labute approximate surface area is 122 Å². The number of ether oxygens (including phenoxy) is 1. The van der Waals surface area contributed by atoms with Crippen molar-refractivity contribution in [1.29, 1.82) is 0 Å². The Hall–Kier alpha value is -2.34. The molecule has 0 saturated carbocycles. The molecule has 2 amide bonds. The third-order valence-electron chi connectivity index (χ3n) is 3.79. The van der Waals surface area contributed by atoms with Gasteiger partial charge in [-0.25, -0.2) is 0 Å². The van der Waals surface area contributed by atoms with E-state index in [0.717, 1.165) is 0 Å². The van der Waals surface area contributed by atoms with E-state index in [0.29, 0.717) is 17.9 Å². The topological polar surface area (TPSA) is 98.7 Å². The molecule has 4 N–H and O–H groups in total. The maximum absolute atomic E-state index is 12.7. The van der Waals surface area contributed by atoms with Crippen molar-refractivity contribution in [2.24, 2.45) is 17.4 Å². The summed E-state index contributed by atoms with van der Waals surface area (Å²) in [5, 5.41) is 0. The average molecular weight is 287 g/mol. The molecule has 0 bridgehead atoms. The third-order valence-corrected chi connectivity index (χ3v) is 3.79. The van der Waals surface area contributed by atoms with Gasteiger partial charge in [0.25, 0.3) is 5.91 Å². The molecule has 3 atom stereocenters. The first-order valence-corrected chi connectivity index (χ1v) is 6.86. The highest BCUT2D eigenvalue weighted by atomic mass is 16.5. The lowest BCUT2D eigenvalue weighted by Crippen LogP contribution is -2.50. The Kier molecular flexibility index (Phi) is 3.39. The number of para-hydroxylation sites is 2. The lowest BCUT2D eigenvalue weighted by atomic mass is 10.0. The fourth-order valence-corrected chi connectivity index (χ4v) is 2.70. The van der Waals surface area contributed by atoms with E-state index in [1.807, 2.05) is 18.2 Å². The number of hydrogen-bond donors (Lipinski definition) is 2. The molecule has 6 heteroatoms. The maximum atomic E-state index is 12.7. The molecule has 1 aliphatic heterocycles. The molecule has 3 unspecified atom stereocenters. The number of fused-ring (bicyclic) bond motifs is 1. The number of nitrogens with zero attached hydrogens (tertiary/aromatic N) is 1. The van der Waals surface area contributed by atoms with Crippen molar-refractivity contribution in [3.05, 3.63) is 36.4 Å². The van der Waals surface area contributed by atoms with E-state index in [1.54, 1.807) is 23.1 Å². The van der Waals surface area contributed by atoms with E-state index in [2.05, 4.69) is 0 Å². The second kappa shape index (κ2) is 5.21. The van der Waals surface area contributed by atoms with Gasteiger partial charge in [-0.2, -0.15) is 0 Å². The van der Waals surface area contributed by atoms with Gasteiger partial charge in [-0.1, -0.05) is 24.3 Å². The first-order chi connectivity index (χ1) is 10.1. The number of rotatable bonds is 2. The molecule has 1 heterocycles. The first-order valence-electron chi connectivity index (χ1n) is 6.86. The number of anilines is 1. The van der Waals surface area contributed by atoms with Crippen molar-refractivity contribution in [2.75, 3.05) is 11.4 Å². The molecule has 0 spiro atoms. The van der Waals surface area contributed by atoms with Crippen molar-refractivity contribution in [2.45, 2.75) is 18.6 Å². The minimum absolute atomic E-state index is 0.0822. The second-order valence-corrected chi connectivity index (χ2v) is 5.32. The third kappa shape index (κ3) is 2.50. The zero-order valence-electron chi connectivity index (χ0n) is 11.4. The summed E-state index contributed by atoms with van der Waals surface area (Å²) in [6.07, 6.45) is 3.41. The smallest absolute Gasteiger partial charge is 0.260 e. The van der Waals surface area contributed by atoms with Gasteiger partial charge in [-0.15, -0.1) is 0 Å². The highest BCUT2D eigenvalue weighted by Gasteiger charge is 2.36. The van der Waals surface area contributed by atoms with Crippen molar-refractivity contribution in [3.63, 3.8) is 0 Å². The fraction of sp³-hybridized carbons (Fsp3) is 0.333. The first kappa shape index (κ1) is 13.6. The van der Waals surface area contributed by atoms with Crippen LogP contribution in [0.5, 0.6) is 5.75 Å². The van der Waals surface area contributed by atoms with Crippen LogP contribution in [0, 0.1) is 5.92 Å². The summed E-state index contributed by atoms with van der Waals surface area (Å²) in [7, 11) is 0. The van der Waals surface area contributed by atoms with Crippen LogP contribution in [0.15, 0.2) is 36.4 Å². The SMILES string of the molecule is NC(=O)C1CN(C(=O)C2C=CC(N)C2)c2ccccc2O1. The predicted octanol–water partition coefficient (Wildman–Crippen LogP) is 0.169. The molecule has 1 aliphatic carbocycles. The molecule has 3 rings (SSSR count). The van der Waals surface area contributed by atoms with E-state index in [-0.39, 0.29) is 24.4 Å². The highest BCUT2D eigenvalue weighted by Crippen LogP contribution is 2.35. The average Bonchev–Trinajstić information content (AvgIpc) is 2.92. The standard InChI is InChI=1S/C15H17N3O3/c16-10-6-5-9(7-10)15(20)18-8-13(14(17)19)21-12-4-2-1-3-11(12)18/h1-6,9-10,13H,7-8,16H2,(H2,17,19). The van der Waals surface area contributed by atoms with E-state index in [1.165, 1.54) is 0 Å². The molecule has 1 aromatic rings. The second-order valence-electron chi connectivity index (χ2n) is 5.32.